The molecule has 1 saturated carbocycles. The number of hydrogen-bond donors (Lipinski definition) is 0. The Labute approximate surface area is 90.9 Å². The Morgan fingerprint density at radius 3 is 2.53 bits per heavy atom. The second kappa shape index (κ2) is 4.71. The fourth-order valence-corrected chi connectivity index (χ4v) is 1.90. The maximum atomic E-state index is 5.85. The number of rotatable bonds is 3. The molecule has 0 N–H and O–H groups in total. The fourth-order valence-electron chi connectivity index (χ4n) is 1.90. The molecule has 3 heteroatoms. The molecular formula is C12H17N2O. The molecule has 0 aromatic carbocycles. The largest absolute Gasteiger partial charge is 0.370 e. The monoisotopic (exact) mass is 205 g/mol. The van der Waals surface area contributed by atoms with Crippen molar-refractivity contribution in [3.63, 3.8) is 0 Å². The minimum absolute atomic E-state index is 0.131. The van der Waals surface area contributed by atoms with Gasteiger partial charge in [-0.25, -0.2) is 9.97 Å². The van der Waals surface area contributed by atoms with Crippen LogP contribution in [0.3, 0.4) is 0 Å². The van der Waals surface area contributed by atoms with Crippen molar-refractivity contribution in [1.29, 1.82) is 0 Å². The van der Waals surface area contributed by atoms with Crippen LogP contribution in [0.4, 0.5) is 0 Å². The van der Waals surface area contributed by atoms with Gasteiger partial charge in [-0.05, 0) is 26.7 Å². The zero-order valence-corrected chi connectivity index (χ0v) is 9.15. The lowest BCUT2D eigenvalue weighted by atomic mass is 10.2. The fraction of sp³-hybridized carbons (Fsp3) is 0.583. The molecule has 15 heavy (non-hydrogen) atoms. The van der Waals surface area contributed by atoms with Crippen molar-refractivity contribution in [3.8, 4) is 0 Å². The molecule has 0 bridgehead atoms. The minimum Gasteiger partial charge on any atom is -0.370 e. The molecule has 81 valence electrons. The van der Waals surface area contributed by atoms with Crippen LogP contribution in [0.1, 0.15) is 43.2 Å². The van der Waals surface area contributed by atoms with Crippen molar-refractivity contribution >= 4 is 0 Å². The molecule has 1 fully saturated rings. The summed E-state index contributed by atoms with van der Waals surface area (Å²) in [4.78, 5) is 8.29. The maximum absolute atomic E-state index is 5.85. The SMILES string of the molecule is [CH2]C(OC1CCCC1)c1cnc(C)nc1. The first kappa shape index (κ1) is 10.6. The lowest BCUT2D eigenvalue weighted by Crippen LogP contribution is -2.12. The summed E-state index contributed by atoms with van der Waals surface area (Å²) in [5.74, 6) is 0.784. The molecule has 0 saturated heterocycles. The molecule has 3 nitrogen and oxygen atoms in total. The van der Waals surface area contributed by atoms with Crippen LogP contribution in [0.15, 0.2) is 12.4 Å². The number of nitrogens with zero attached hydrogens (tertiary/aromatic N) is 2. The second-order valence-electron chi connectivity index (χ2n) is 4.09. The normalized spacial score (nSPS) is 19.3. The van der Waals surface area contributed by atoms with Crippen LogP contribution < -0.4 is 0 Å². The van der Waals surface area contributed by atoms with Gasteiger partial charge >= 0.3 is 0 Å². The van der Waals surface area contributed by atoms with Gasteiger partial charge in [-0.3, -0.25) is 0 Å². The van der Waals surface area contributed by atoms with Gasteiger partial charge in [0.15, 0.2) is 0 Å². The van der Waals surface area contributed by atoms with E-state index in [2.05, 4.69) is 16.9 Å². The predicted octanol–water partition coefficient (Wildman–Crippen LogP) is 2.62. The minimum atomic E-state index is -0.131. The van der Waals surface area contributed by atoms with E-state index in [1.165, 1.54) is 25.7 Å². The van der Waals surface area contributed by atoms with E-state index in [1.54, 1.807) is 12.4 Å². The van der Waals surface area contributed by atoms with Gasteiger partial charge in [-0.15, -0.1) is 0 Å². The molecule has 1 heterocycles. The highest BCUT2D eigenvalue weighted by atomic mass is 16.5. The quantitative estimate of drug-likeness (QED) is 0.760. The standard InChI is InChI=1S/C12H17N2O/c1-9(15-12-5-3-4-6-12)11-7-13-10(2)14-8-11/h7-9,12H,1,3-6H2,2H3. The molecule has 1 aliphatic rings. The highest BCUT2D eigenvalue weighted by Crippen LogP contribution is 2.26. The van der Waals surface area contributed by atoms with E-state index in [-0.39, 0.29) is 6.10 Å². The topological polar surface area (TPSA) is 35.0 Å². The molecule has 1 radical (unpaired) electrons. The second-order valence-corrected chi connectivity index (χ2v) is 4.09. The summed E-state index contributed by atoms with van der Waals surface area (Å²) in [7, 11) is 0. The summed E-state index contributed by atoms with van der Waals surface area (Å²) in [6, 6.07) is 0. The van der Waals surface area contributed by atoms with Crippen molar-refractivity contribution < 1.29 is 4.74 Å². The van der Waals surface area contributed by atoms with Crippen molar-refractivity contribution in [2.24, 2.45) is 0 Å². The Morgan fingerprint density at radius 2 is 1.93 bits per heavy atom. The van der Waals surface area contributed by atoms with Gasteiger partial charge in [0.05, 0.1) is 12.2 Å². The summed E-state index contributed by atoms with van der Waals surface area (Å²) in [6.07, 6.45) is 8.74. The first-order valence-corrected chi connectivity index (χ1v) is 5.53. The lowest BCUT2D eigenvalue weighted by Gasteiger charge is -2.17. The highest BCUT2D eigenvalue weighted by Gasteiger charge is 2.19. The number of ether oxygens (including phenoxy) is 1. The third kappa shape index (κ3) is 2.75. The first-order valence-electron chi connectivity index (χ1n) is 5.53. The van der Waals surface area contributed by atoms with Crippen LogP contribution in [0.5, 0.6) is 0 Å². The summed E-state index contributed by atoms with van der Waals surface area (Å²) in [5.41, 5.74) is 0.965. The number of aryl methyl sites for hydroxylation is 1. The van der Waals surface area contributed by atoms with Crippen LogP contribution in [-0.2, 0) is 4.74 Å². The van der Waals surface area contributed by atoms with E-state index < -0.39 is 0 Å². The molecule has 2 rings (SSSR count). The third-order valence-corrected chi connectivity index (χ3v) is 2.83. The van der Waals surface area contributed by atoms with E-state index in [4.69, 9.17) is 4.74 Å². The van der Waals surface area contributed by atoms with Gasteiger partial charge in [0.2, 0.25) is 0 Å². The van der Waals surface area contributed by atoms with Crippen molar-refractivity contribution in [2.45, 2.75) is 44.8 Å². The Morgan fingerprint density at radius 1 is 1.33 bits per heavy atom. The van der Waals surface area contributed by atoms with Gasteiger partial charge in [0.25, 0.3) is 0 Å². The smallest absolute Gasteiger partial charge is 0.125 e. The van der Waals surface area contributed by atoms with Crippen LogP contribution in [0, 0.1) is 13.8 Å². The van der Waals surface area contributed by atoms with Gasteiger partial charge in [0, 0.05) is 18.0 Å². The number of aromatic nitrogens is 2. The lowest BCUT2D eigenvalue weighted by molar-refractivity contribution is 0.0149. The van der Waals surface area contributed by atoms with Crippen LogP contribution in [0.2, 0.25) is 0 Å². The summed E-state index contributed by atoms with van der Waals surface area (Å²) >= 11 is 0. The summed E-state index contributed by atoms with van der Waals surface area (Å²) < 4.78 is 5.85. The molecule has 0 spiro atoms. The van der Waals surface area contributed by atoms with Crippen LogP contribution >= 0.6 is 0 Å². The molecule has 0 aliphatic heterocycles. The van der Waals surface area contributed by atoms with Gasteiger partial charge in [0.1, 0.15) is 5.82 Å². The van der Waals surface area contributed by atoms with Gasteiger partial charge < -0.3 is 4.74 Å². The van der Waals surface area contributed by atoms with Gasteiger partial charge in [-0.1, -0.05) is 12.8 Å². The summed E-state index contributed by atoms with van der Waals surface area (Å²) in [6.45, 7) is 5.87. The van der Waals surface area contributed by atoms with E-state index in [9.17, 15) is 0 Å². The average molecular weight is 205 g/mol. The van der Waals surface area contributed by atoms with E-state index in [0.29, 0.717) is 6.10 Å². The Bertz CT molecular complexity index is 304. The van der Waals surface area contributed by atoms with Crippen LogP contribution in [-0.4, -0.2) is 16.1 Å². The van der Waals surface area contributed by atoms with Crippen molar-refractivity contribution in [3.05, 3.63) is 30.7 Å². The first-order chi connectivity index (χ1) is 7.25. The zero-order valence-electron chi connectivity index (χ0n) is 9.15. The van der Waals surface area contributed by atoms with E-state index in [1.807, 2.05) is 6.92 Å². The molecule has 1 atom stereocenters. The summed E-state index contributed by atoms with van der Waals surface area (Å²) in [5, 5.41) is 0. The molecule has 1 unspecified atom stereocenters. The van der Waals surface area contributed by atoms with Crippen molar-refractivity contribution in [2.75, 3.05) is 0 Å². The Kier molecular flexibility index (Phi) is 3.31. The number of hydrogen-bond acceptors (Lipinski definition) is 3. The van der Waals surface area contributed by atoms with Crippen LogP contribution in [0.25, 0.3) is 0 Å². The third-order valence-electron chi connectivity index (χ3n) is 2.83. The zero-order chi connectivity index (χ0) is 10.7. The van der Waals surface area contributed by atoms with E-state index >= 15 is 0 Å². The molecule has 1 aromatic heterocycles. The predicted molar refractivity (Wildman–Crippen MR) is 58.2 cm³/mol. The average Bonchev–Trinajstić information content (AvgIpc) is 2.71. The van der Waals surface area contributed by atoms with E-state index in [0.717, 1.165) is 11.4 Å². The Balaban J connectivity index is 1.94. The van der Waals surface area contributed by atoms with Crippen molar-refractivity contribution in [1.82, 2.24) is 9.97 Å². The highest BCUT2D eigenvalue weighted by molar-refractivity contribution is 5.10. The molecule has 1 aromatic rings. The molecule has 1 aliphatic carbocycles. The van der Waals surface area contributed by atoms with Gasteiger partial charge in [-0.2, -0.15) is 0 Å². The molecular weight excluding hydrogens is 188 g/mol. The molecule has 0 amide bonds. The Hall–Kier alpha value is -0.960. The maximum Gasteiger partial charge on any atom is 0.125 e.